The number of halogens is 1. The molecule has 0 aliphatic carbocycles. The van der Waals surface area contributed by atoms with Crippen molar-refractivity contribution >= 4 is 21.8 Å². The molecule has 1 heterocycles. The van der Waals surface area contributed by atoms with Crippen molar-refractivity contribution < 1.29 is 4.52 Å². The third-order valence-electron chi connectivity index (χ3n) is 3.47. The number of nitrogens with two attached hydrogens (primary N) is 1. The molecule has 3 nitrogen and oxygen atoms in total. The Labute approximate surface area is 131 Å². The fourth-order valence-electron chi connectivity index (χ4n) is 2.32. The first-order valence-electron chi connectivity index (χ1n) is 6.79. The lowest BCUT2D eigenvalue weighted by Crippen LogP contribution is -1.88. The fraction of sp³-hybridized carbons (Fsp3) is 0.118. The van der Waals surface area contributed by atoms with E-state index in [-0.39, 0.29) is 0 Å². The second kappa shape index (κ2) is 5.74. The highest BCUT2D eigenvalue weighted by atomic mass is 79.9. The minimum Gasteiger partial charge on any atom is -0.367 e. The molecule has 0 aliphatic rings. The van der Waals surface area contributed by atoms with Gasteiger partial charge in [-0.1, -0.05) is 64.4 Å². The van der Waals surface area contributed by atoms with Crippen LogP contribution in [0.3, 0.4) is 0 Å². The standard InChI is InChI=1S/C17H15BrN2O/c1-2-11-6-8-12(9-7-11)16-15(17(19)21-20-16)13-4-3-5-14(18)10-13/h3-10H,2,19H2,1H3. The minimum atomic E-state index is 0.336. The van der Waals surface area contributed by atoms with Gasteiger partial charge in [-0.05, 0) is 29.7 Å². The summed E-state index contributed by atoms with van der Waals surface area (Å²) in [4.78, 5) is 0. The number of aromatic nitrogens is 1. The molecule has 0 spiro atoms. The van der Waals surface area contributed by atoms with Crippen molar-refractivity contribution in [2.75, 3.05) is 5.73 Å². The Morgan fingerprint density at radius 2 is 1.86 bits per heavy atom. The van der Waals surface area contributed by atoms with Gasteiger partial charge >= 0.3 is 0 Å². The van der Waals surface area contributed by atoms with Crippen LogP contribution in [0.5, 0.6) is 0 Å². The first-order chi connectivity index (χ1) is 10.2. The molecule has 0 fully saturated rings. The molecule has 2 aromatic carbocycles. The van der Waals surface area contributed by atoms with E-state index in [9.17, 15) is 0 Å². The summed E-state index contributed by atoms with van der Waals surface area (Å²) in [7, 11) is 0. The second-order valence-corrected chi connectivity index (χ2v) is 5.75. The first-order valence-corrected chi connectivity index (χ1v) is 7.58. The number of hydrogen-bond acceptors (Lipinski definition) is 3. The van der Waals surface area contributed by atoms with Gasteiger partial charge in [0.05, 0.1) is 5.56 Å². The van der Waals surface area contributed by atoms with Crippen LogP contribution in [-0.4, -0.2) is 5.16 Å². The Balaban J connectivity index is 2.12. The maximum atomic E-state index is 5.97. The van der Waals surface area contributed by atoms with Gasteiger partial charge in [0.2, 0.25) is 5.88 Å². The third kappa shape index (κ3) is 2.72. The monoisotopic (exact) mass is 342 g/mol. The van der Waals surface area contributed by atoms with Gasteiger partial charge in [-0.25, -0.2) is 0 Å². The number of anilines is 1. The zero-order chi connectivity index (χ0) is 14.8. The number of aryl methyl sites for hydroxylation is 1. The summed E-state index contributed by atoms with van der Waals surface area (Å²) in [6, 6.07) is 16.3. The summed E-state index contributed by atoms with van der Waals surface area (Å²) in [5, 5.41) is 4.13. The van der Waals surface area contributed by atoms with E-state index in [4.69, 9.17) is 10.3 Å². The van der Waals surface area contributed by atoms with E-state index in [0.717, 1.165) is 33.3 Å². The second-order valence-electron chi connectivity index (χ2n) is 4.83. The fourth-order valence-corrected chi connectivity index (χ4v) is 2.72. The van der Waals surface area contributed by atoms with Crippen molar-refractivity contribution in [3.8, 4) is 22.4 Å². The molecule has 21 heavy (non-hydrogen) atoms. The lowest BCUT2D eigenvalue weighted by Gasteiger charge is -2.04. The zero-order valence-corrected chi connectivity index (χ0v) is 13.2. The minimum absolute atomic E-state index is 0.336. The van der Waals surface area contributed by atoms with Crippen molar-refractivity contribution in [3.05, 3.63) is 58.6 Å². The molecule has 0 aliphatic heterocycles. The van der Waals surface area contributed by atoms with Crippen LogP contribution in [0, 0.1) is 0 Å². The van der Waals surface area contributed by atoms with Gasteiger partial charge in [0.25, 0.3) is 0 Å². The maximum Gasteiger partial charge on any atom is 0.230 e. The van der Waals surface area contributed by atoms with E-state index in [1.165, 1.54) is 5.56 Å². The molecular weight excluding hydrogens is 328 g/mol. The van der Waals surface area contributed by atoms with Crippen molar-refractivity contribution in [1.29, 1.82) is 0 Å². The van der Waals surface area contributed by atoms with Gasteiger partial charge in [-0.15, -0.1) is 0 Å². The van der Waals surface area contributed by atoms with Gasteiger partial charge < -0.3 is 10.3 Å². The maximum absolute atomic E-state index is 5.97. The summed E-state index contributed by atoms with van der Waals surface area (Å²) in [6.07, 6.45) is 1.01. The van der Waals surface area contributed by atoms with Crippen molar-refractivity contribution in [2.45, 2.75) is 13.3 Å². The van der Waals surface area contributed by atoms with E-state index in [0.29, 0.717) is 5.88 Å². The average molecular weight is 343 g/mol. The summed E-state index contributed by atoms with van der Waals surface area (Å²) in [6.45, 7) is 2.13. The predicted molar refractivity (Wildman–Crippen MR) is 88.9 cm³/mol. The van der Waals surface area contributed by atoms with E-state index in [1.807, 2.05) is 24.3 Å². The Morgan fingerprint density at radius 1 is 1.10 bits per heavy atom. The van der Waals surface area contributed by atoms with Crippen LogP contribution in [0.25, 0.3) is 22.4 Å². The lowest BCUT2D eigenvalue weighted by molar-refractivity contribution is 0.439. The highest BCUT2D eigenvalue weighted by Gasteiger charge is 2.17. The molecule has 0 saturated heterocycles. The van der Waals surface area contributed by atoms with Crippen LogP contribution in [0.4, 0.5) is 5.88 Å². The normalized spacial score (nSPS) is 10.8. The molecule has 3 rings (SSSR count). The topological polar surface area (TPSA) is 52.0 Å². The summed E-state index contributed by atoms with van der Waals surface area (Å²) >= 11 is 3.48. The lowest BCUT2D eigenvalue weighted by atomic mass is 10.00. The van der Waals surface area contributed by atoms with Gasteiger partial charge in [0.15, 0.2) is 0 Å². The van der Waals surface area contributed by atoms with Crippen LogP contribution in [0.1, 0.15) is 12.5 Å². The Bertz CT molecular complexity index is 763. The van der Waals surface area contributed by atoms with Crippen LogP contribution in [0.15, 0.2) is 57.5 Å². The molecule has 1 aromatic heterocycles. The quantitative estimate of drug-likeness (QED) is 0.735. The average Bonchev–Trinajstić information content (AvgIpc) is 2.89. The van der Waals surface area contributed by atoms with Crippen LogP contribution >= 0.6 is 15.9 Å². The number of hydrogen-bond donors (Lipinski definition) is 1. The molecule has 2 N–H and O–H groups in total. The molecule has 3 aromatic rings. The summed E-state index contributed by atoms with van der Waals surface area (Å²) < 4.78 is 6.21. The molecule has 0 atom stereocenters. The first kappa shape index (κ1) is 13.9. The van der Waals surface area contributed by atoms with Crippen LogP contribution < -0.4 is 5.73 Å². The smallest absolute Gasteiger partial charge is 0.230 e. The highest BCUT2D eigenvalue weighted by Crippen LogP contribution is 2.37. The Morgan fingerprint density at radius 3 is 2.52 bits per heavy atom. The van der Waals surface area contributed by atoms with Crippen molar-refractivity contribution in [3.63, 3.8) is 0 Å². The van der Waals surface area contributed by atoms with E-state index >= 15 is 0 Å². The molecule has 0 bridgehead atoms. The largest absolute Gasteiger partial charge is 0.367 e. The highest BCUT2D eigenvalue weighted by molar-refractivity contribution is 9.10. The molecule has 0 unspecified atom stereocenters. The van der Waals surface area contributed by atoms with Crippen molar-refractivity contribution in [2.24, 2.45) is 0 Å². The van der Waals surface area contributed by atoms with Crippen molar-refractivity contribution in [1.82, 2.24) is 5.16 Å². The van der Waals surface area contributed by atoms with Crippen LogP contribution in [-0.2, 0) is 6.42 Å². The molecular formula is C17H15BrN2O. The molecule has 0 amide bonds. The number of benzene rings is 2. The molecule has 0 radical (unpaired) electrons. The van der Waals surface area contributed by atoms with Gasteiger partial charge in [-0.2, -0.15) is 0 Å². The summed E-state index contributed by atoms with van der Waals surface area (Å²) in [5.74, 6) is 0.336. The zero-order valence-electron chi connectivity index (χ0n) is 11.6. The SMILES string of the molecule is CCc1ccc(-c2noc(N)c2-c2cccc(Br)c2)cc1. The molecule has 0 saturated carbocycles. The van der Waals surface area contributed by atoms with E-state index in [1.54, 1.807) is 0 Å². The number of nitrogens with zero attached hydrogens (tertiary/aromatic N) is 1. The van der Waals surface area contributed by atoms with E-state index in [2.05, 4.69) is 52.3 Å². The van der Waals surface area contributed by atoms with Gasteiger partial charge in [0, 0.05) is 10.0 Å². The third-order valence-corrected chi connectivity index (χ3v) is 3.96. The number of nitrogen functional groups attached to an aromatic ring is 1. The van der Waals surface area contributed by atoms with Gasteiger partial charge in [0.1, 0.15) is 5.69 Å². The number of rotatable bonds is 3. The Kier molecular flexibility index (Phi) is 3.80. The van der Waals surface area contributed by atoms with Crippen LogP contribution in [0.2, 0.25) is 0 Å². The predicted octanol–water partition coefficient (Wildman–Crippen LogP) is 4.92. The Hall–Kier alpha value is -2.07. The van der Waals surface area contributed by atoms with E-state index < -0.39 is 0 Å². The molecule has 4 heteroatoms. The van der Waals surface area contributed by atoms with Gasteiger partial charge in [-0.3, -0.25) is 0 Å². The molecule has 106 valence electrons. The summed E-state index contributed by atoms with van der Waals surface area (Å²) in [5.41, 5.74) is 10.9.